The fraction of sp³-hybridized carbons (Fsp3) is 0.125. The molecule has 3 heteroatoms. The molecule has 0 N–H and O–H groups in total. The molecule has 0 bridgehead atoms. The van der Waals surface area contributed by atoms with Gasteiger partial charge in [0, 0.05) is 12.1 Å². The Morgan fingerprint density at radius 2 is 2.27 bits per heavy atom. The van der Waals surface area contributed by atoms with Crippen LogP contribution in [0.3, 0.4) is 0 Å². The molecule has 11 heavy (non-hydrogen) atoms. The fourth-order valence-corrected chi connectivity index (χ4v) is 1.27. The smallest absolute Gasteiger partial charge is 0.0955 e. The second kappa shape index (κ2) is 2.24. The molecule has 0 unspecified atom stereocenters. The van der Waals surface area contributed by atoms with Gasteiger partial charge in [-0.1, -0.05) is 11.6 Å². The van der Waals surface area contributed by atoms with E-state index in [-0.39, 0.29) is 0 Å². The summed E-state index contributed by atoms with van der Waals surface area (Å²) in [5, 5.41) is 0.751. The number of imidazole rings is 1. The SMILES string of the molecule is Cn1cnc2ccc(Cl)cc21. The number of aryl methyl sites for hydroxylation is 1. The van der Waals surface area contributed by atoms with Crippen LogP contribution >= 0.6 is 11.6 Å². The minimum Gasteiger partial charge on any atom is -0.334 e. The van der Waals surface area contributed by atoms with Gasteiger partial charge in [0.05, 0.1) is 17.4 Å². The zero-order valence-corrected chi connectivity index (χ0v) is 6.84. The van der Waals surface area contributed by atoms with E-state index in [9.17, 15) is 0 Å². The molecule has 0 atom stereocenters. The predicted molar refractivity (Wildman–Crippen MR) is 45.7 cm³/mol. The first kappa shape index (κ1) is 6.68. The van der Waals surface area contributed by atoms with Gasteiger partial charge in [-0.15, -0.1) is 0 Å². The third kappa shape index (κ3) is 0.994. The number of halogens is 1. The second-order valence-electron chi connectivity index (χ2n) is 2.49. The van der Waals surface area contributed by atoms with Crippen molar-refractivity contribution in [2.75, 3.05) is 0 Å². The number of nitrogens with zero attached hydrogens (tertiary/aromatic N) is 2. The molecule has 1 heterocycles. The van der Waals surface area contributed by atoms with Crippen molar-refractivity contribution >= 4 is 22.6 Å². The third-order valence-corrected chi connectivity index (χ3v) is 1.92. The average Bonchev–Trinajstić information content (AvgIpc) is 2.33. The number of aromatic nitrogens is 2. The Morgan fingerprint density at radius 3 is 3.09 bits per heavy atom. The van der Waals surface area contributed by atoms with Crippen molar-refractivity contribution < 1.29 is 0 Å². The van der Waals surface area contributed by atoms with Gasteiger partial charge in [-0.2, -0.15) is 0 Å². The van der Waals surface area contributed by atoms with Crippen LogP contribution in [0.15, 0.2) is 24.5 Å². The van der Waals surface area contributed by atoms with Gasteiger partial charge in [-0.3, -0.25) is 0 Å². The van der Waals surface area contributed by atoms with Gasteiger partial charge in [0.1, 0.15) is 0 Å². The summed E-state index contributed by atoms with van der Waals surface area (Å²) < 4.78 is 1.95. The summed E-state index contributed by atoms with van der Waals surface area (Å²) in [5.41, 5.74) is 2.05. The maximum atomic E-state index is 5.81. The lowest BCUT2D eigenvalue weighted by Crippen LogP contribution is -1.82. The number of fused-ring (bicyclic) bond motifs is 1. The lowest BCUT2D eigenvalue weighted by molar-refractivity contribution is 0.948. The molecule has 0 saturated heterocycles. The van der Waals surface area contributed by atoms with E-state index in [2.05, 4.69) is 4.98 Å². The Kier molecular flexibility index (Phi) is 1.36. The quantitative estimate of drug-likeness (QED) is 0.587. The normalized spacial score (nSPS) is 10.7. The van der Waals surface area contributed by atoms with Crippen LogP contribution in [0.25, 0.3) is 11.0 Å². The fourth-order valence-electron chi connectivity index (χ4n) is 1.10. The maximum absolute atomic E-state index is 5.81. The molecule has 2 nitrogen and oxygen atoms in total. The Morgan fingerprint density at radius 1 is 1.45 bits per heavy atom. The van der Waals surface area contributed by atoms with E-state index < -0.39 is 0 Å². The third-order valence-electron chi connectivity index (χ3n) is 1.69. The molecule has 0 aliphatic heterocycles. The van der Waals surface area contributed by atoms with Crippen molar-refractivity contribution in [2.24, 2.45) is 7.05 Å². The van der Waals surface area contributed by atoms with Crippen molar-refractivity contribution in [3.05, 3.63) is 29.5 Å². The van der Waals surface area contributed by atoms with Gasteiger partial charge >= 0.3 is 0 Å². The zero-order chi connectivity index (χ0) is 7.84. The minimum absolute atomic E-state index is 0.751. The van der Waals surface area contributed by atoms with Crippen molar-refractivity contribution in [1.82, 2.24) is 9.55 Å². The lowest BCUT2D eigenvalue weighted by Gasteiger charge is -1.93. The van der Waals surface area contributed by atoms with Crippen LogP contribution < -0.4 is 0 Å². The Balaban J connectivity index is 2.87. The van der Waals surface area contributed by atoms with Crippen molar-refractivity contribution in [3.63, 3.8) is 0 Å². The van der Waals surface area contributed by atoms with E-state index in [0.717, 1.165) is 16.1 Å². The monoisotopic (exact) mass is 166 g/mol. The zero-order valence-electron chi connectivity index (χ0n) is 6.08. The molecule has 0 saturated carbocycles. The highest BCUT2D eigenvalue weighted by atomic mass is 35.5. The predicted octanol–water partition coefficient (Wildman–Crippen LogP) is 2.23. The van der Waals surface area contributed by atoms with Gasteiger partial charge < -0.3 is 4.57 Å². The van der Waals surface area contributed by atoms with Crippen LogP contribution in [0, 0.1) is 0 Å². The van der Waals surface area contributed by atoms with E-state index >= 15 is 0 Å². The van der Waals surface area contributed by atoms with Crippen molar-refractivity contribution in [3.8, 4) is 0 Å². The van der Waals surface area contributed by atoms with Gasteiger partial charge in [0.25, 0.3) is 0 Å². The lowest BCUT2D eigenvalue weighted by atomic mass is 10.3. The highest BCUT2D eigenvalue weighted by molar-refractivity contribution is 6.31. The van der Waals surface area contributed by atoms with E-state index in [1.54, 1.807) is 6.33 Å². The molecule has 56 valence electrons. The second-order valence-corrected chi connectivity index (χ2v) is 2.92. The number of hydrogen-bond acceptors (Lipinski definition) is 1. The summed E-state index contributed by atoms with van der Waals surface area (Å²) in [5.74, 6) is 0. The Bertz CT molecular complexity index is 392. The average molecular weight is 167 g/mol. The molecular weight excluding hydrogens is 160 g/mol. The molecule has 0 aliphatic rings. The van der Waals surface area contributed by atoms with Gasteiger partial charge in [0.15, 0.2) is 0 Å². The van der Waals surface area contributed by atoms with E-state index in [1.807, 2.05) is 29.8 Å². The van der Waals surface area contributed by atoms with E-state index in [4.69, 9.17) is 11.6 Å². The van der Waals surface area contributed by atoms with Crippen LogP contribution in [0.1, 0.15) is 0 Å². The van der Waals surface area contributed by atoms with Crippen LogP contribution in [-0.4, -0.2) is 9.55 Å². The first-order valence-electron chi connectivity index (χ1n) is 3.34. The molecule has 0 amide bonds. The molecule has 1 aromatic carbocycles. The number of hydrogen-bond donors (Lipinski definition) is 0. The van der Waals surface area contributed by atoms with Crippen LogP contribution in [-0.2, 0) is 7.05 Å². The summed E-state index contributed by atoms with van der Waals surface area (Å²) in [6.07, 6.45) is 1.78. The van der Waals surface area contributed by atoms with Gasteiger partial charge in [0.2, 0.25) is 0 Å². The molecule has 0 fully saturated rings. The summed E-state index contributed by atoms with van der Waals surface area (Å²) in [7, 11) is 1.95. The minimum atomic E-state index is 0.751. The van der Waals surface area contributed by atoms with Crippen LogP contribution in [0.4, 0.5) is 0 Å². The molecule has 0 radical (unpaired) electrons. The first-order chi connectivity index (χ1) is 5.27. The topological polar surface area (TPSA) is 17.8 Å². The molecule has 2 rings (SSSR count). The van der Waals surface area contributed by atoms with Crippen molar-refractivity contribution in [1.29, 1.82) is 0 Å². The standard InChI is InChI=1S/C8H7ClN2/c1-11-5-10-7-3-2-6(9)4-8(7)11/h2-5H,1H3. The van der Waals surface area contributed by atoms with E-state index in [1.165, 1.54) is 0 Å². The van der Waals surface area contributed by atoms with Gasteiger partial charge in [-0.25, -0.2) is 4.98 Å². The molecule has 0 spiro atoms. The summed E-state index contributed by atoms with van der Waals surface area (Å²) in [6.45, 7) is 0. The molecule has 2 aromatic rings. The van der Waals surface area contributed by atoms with Gasteiger partial charge in [-0.05, 0) is 18.2 Å². The summed E-state index contributed by atoms with van der Waals surface area (Å²) in [4.78, 5) is 4.16. The Labute approximate surface area is 69.4 Å². The van der Waals surface area contributed by atoms with Crippen molar-refractivity contribution in [2.45, 2.75) is 0 Å². The Hall–Kier alpha value is -1.02. The summed E-state index contributed by atoms with van der Waals surface area (Å²) in [6, 6.07) is 5.67. The van der Waals surface area contributed by atoms with Crippen LogP contribution in [0.5, 0.6) is 0 Å². The largest absolute Gasteiger partial charge is 0.334 e. The molecule has 0 aliphatic carbocycles. The molecule has 1 aromatic heterocycles. The number of rotatable bonds is 0. The highest BCUT2D eigenvalue weighted by Crippen LogP contribution is 2.16. The number of benzene rings is 1. The van der Waals surface area contributed by atoms with E-state index in [0.29, 0.717) is 0 Å². The maximum Gasteiger partial charge on any atom is 0.0955 e. The highest BCUT2D eigenvalue weighted by Gasteiger charge is 1.98. The summed E-state index contributed by atoms with van der Waals surface area (Å²) >= 11 is 5.81. The molecular formula is C8H7ClN2. The first-order valence-corrected chi connectivity index (χ1v) is 3.72. The van der Waals surface area contributed by atoms with Crippen LogP contribution in [0.2, 0.25) is 5.02 Å².